The Morgan fingerprint density at radius 1 is 1.21 bits per heavy atom. The lowest BCUT2D eigenvalue weighted by Crippen LogP contribution is -2.46. The van der Waals surface area contributed by atoms with Gasteiger partial charge in [0, 0.05) is 23.8 Å². The smallest absolute Gasteiger partial charge is 0.356 e. The SMILES string of the molecule is COC(=O)C1(C(O)c2ccccc2[N+](=O)[O-])CC(c2cccc([N+](=O)[O-])c2)=NO1. The highest BCUT2D eigenvalue weighted by Gasteiger charge is 2.56. The molecule has 0 aliphatic carbocycles. The molecule has 0 amide bonds. The fourth-order valence-corrected chi connectivity index (χ4v) is 3.08. The Hall–Kier alpha value is -3.86. The van der Waals surface area contributed by atoms with Crippen molar-refractivity contribution in [2.24, 2.45) is 5.16 Å². The lowest BCUT2D eigenvalue weighted by atomic mass is 9.84. The van der Waals surface area contributed by atoms with Crippen LogP contribution in [0.4, 0.5) is 11.4 Å². The van der Waals surface area contributed by atoms with Crippen LogP contribution in [0, 0.1) is 20.2 Å². The Kier molecular flexibility index (Phi) is 5.24. The van der Waals surface area contributed by atoms with Crippen LogP contribution in [0.25, 0.3) is 0 Å². The van der Waals surface area contributed by atoms with Gasteiger partial charge in [0.2, 0.25) is 0 Å². The van der Waals surface area contributed by atoms with Gasteiger partial charge in [-0.25, -0.2) is 4.79 Å². The molecular weight excluding hydrogens is 386 g/mol. The Morgan fingerprint density at radius 3 is 2.59 bits per heavy atom. The number of benzene rings is 2. The third-order valence-corrected chi connectivity index (χ3v) is 4.54. The first-order valence-corrected chi connectivity index (χ1v) is 8.30. The molecule has 2 aromatic rings. The number of carbonyl (C=O) groups is 1. The van der Waals surface area contributed by atoms with Crippen LogP contribution in [-0.2, 0) is 14.4 Å². The molecule has 0 saturated heterocycles. The number of methoxy groups -OCH3 is 1. The number of esters is 1. The monoisotopic (exact) mass is 401 g/mol. The van der Waals surface area contributed by atoms with E-state index in [0.29, 0.717) is 5.56 Å². The van der Waals surface area contributed by atoms with Gasteiger partial charge >= 0.3 is 5.97 Å². The van der Waals surface area contributed by atoms with E-state index in [0.717, 1.165) is 7.11 Å². The zero-order valence-corrected chi connectivity index (χ0v) is 15.0. The summed E-state index contributed by atoms with van der Waals surface area (Å²) in [6, 6.07) is 10.9. The van der Waals surface area contributed by atoms with Crippen molar-refractivity contribution in [1.29, 1.82) is 0 Å². The van der Waals surface area contributed by atoms with Crippen LogP contribution in [0.1, 0.15) is 23.7 Å². The highest BCUT2D eigenvalue weighted by molar-refractivity contribution is 6.05. The average Bonchev–Trinajstić information content (AvgIpc) is 3.19. The minimum absolute atomic E-state index is 0.150. The number of non-ortho nitro benzene ring substituents is 1. The van der Waals surface area contributed by atoms with Crippen molar-refractivity contribution in [2.75, 3.05) is 7.11 Å². The second-order valence-electron chi connectivity index (χ2n) is 6.21. The van der Waals surface area contributed by atoms with Crippen molar-refractivity contribution in [3.05, 3.63) is 79.9 Å². The first-order valence-electron chi connectivity index (χ1n) is 8.30. The standard InChI is InChI=1S/C18H15N3O8/c1-28-17(23)18(16(22)13-7-2-3-8-15(13)21(26)27)10-14(19-29-18)11-5-4-6-12(9-11)20(24)25/h2-9,16,22H,10H2,1H3. The normalized spacial score (nSPS) is 19.0. The van der Waals surface area contributed by atoms with Gasteiger partial charge in [0.15, 0.2) is 0 Å². The van der Waals surface area contributed by atoms with E-state index in [4.69, 9.17) is 9.57 Å². The number of oxime groups is 1. The summed E-state index contributed by atoms with van der Waals surface area (Å²) in [4.78, 5) is 38.8. The van der Waals surface area contributed by atoms with Crippen LogP contribution in [-0.4, -0.2) is 39.3 Å². The Labute approximate surface area is 163 Å². The molecule has 2 unspecified atom stereocenters. The van der Waals surface area contributed by atoms with Gasteiger partial charge in [-0.1, -0.05) is 29.4 Å². The average molecular weight is 401 g/mol. The maximum absolute atomic E-state index is 12.5. The molecule has 1 aliphatic rings. The minimum Gasteiger partial charge on any atom is -0.466 e. The van der Waals surface area contributed by atoms with Gasteiger partial charge in [0.1, 0.15) is 6.10 Å². The first-order chi connectivity index (χ1) is 13.8. The Bertz CT molecular complexity index is 1020. The zero-order chi connectivity index (χ0) is 21.2. The van der Waals surface area contributed by atoms with Crippen molar-refractivity contribution in [3.63, 3.8) is 0 Å². The van der Waals surface area contributed by atoms with Crippen LogP contribution < -0.4 is 0 Å². The minimum atomic E-state index is -2.08. The molecular formula is C18H15N3O8. The molecule has 0 bridgehead atoms. The van der Waals surface area contributed by atoms with Crippen LogP contribution in [0.3, 0.4) is 0 Å². The van der Waals surface area contributed by atoms with Gasteiger partial charge in [0.25, 0.3) is 17.0 Å². The lowest BCUT2D eigenvalue weighted by Gasteiger charge is -2.28. The molecule has 11 nitrogen and oxygen atoms in total. The first kappa shape index (κ1) is 19.9. The van der Waals surface area contributed by atoms with Crippen molar-refractivity contribution >= 4 is 23.1 Å². The molecule has 0 spiro atoms. The number of carbonyl (C=O) groups excluding carboxylic acids is 1. The number of aliphatic hydroxyl groups excluding tert-OH is 1. The predicted octanol–water partition coefficient (Wildman–Crippen LogP) is 2.27. The number of hydrogen-bond acceptors (Lipinski definition) is 9. The van der Waals surface area contributed by atoms with Crippen LogP contribution in [0.5, 0.6) is 0 Å². The molecule has 0 aromatic heterocycles. The van der Waals surface area contributed by atoms with Crippen molar-refractivity contribution in [3.8, 4) is 0 Å². The van der Waals surface area contributed by atoms with Crippen molar-refractivity contribution in [2.45, 2.75) is 18.1 Å². The lowest BCUT2D eigenvalue weighted by molar-refractivity contribution is -0.386. The molecule has 1 N–H and O–H groups in total. The van der Waals surface area contributed by atoms with Crippen LogP contribution in [0.2, 0.25) is 0 Å². The molecule has 2 aromatic carbocycles. The molecule has 1 heterocycles. The fraction of sp³-hybridized carbons (Fsp3) is 0.222. The maximum atomic E-state index is 12.5. The molecule has 3 rings (SSSR count). The van der Waals surface area contributed by atoms with Gasteiger partial charge in [-0.2, -0.15) is 0 Å². The summed E-state index contributed by atoms with van der Waals surface area (Å²) in [5, 5.41) is 37.0. The Morgan fingerprint density at radius 2 is 1.93 bits per heavy atom. The van der Waals surface area contributed by atoms with Crippen LogP contribution in [0.15, 0.2) is 53.7 Å². The zero-order valence-electron chi connectivity index (χ0n) is 15.0. The summed E-state index contributed by atoms with van der Waals surface area (Å²) in [7, 11) is 1.07. The van der Waals surface area contributed by atoms with E-state index in [9.17, 15) is 30.1 Å². The quantitative estimate of drug-likeness (QED) is 0.439. The summed E-state index contributed by atoms with van der Waals surface area (Å²) in [5.41, 5.74) is -2.38. The molecule has 0 saturated carbocycles. The second-order valence-corrected chi connectivity index (χ2v) is 6.21. The fourth-order valence-electron chi connectivity index (χ4n) is 3.08. The van der Waals surface area contributed by atoms with E-state index >= 15 is 0 Å². The van der Waals surface area contributed by atoms with Gasteiger partial charge < -0.3 is 14.7 Å². The molecule has 0 radical (unpaired) electrons. The molecule has 29 heavy (non-hydrogen) atoms. The third kappa shape index (κ3) is 3.50. The topological polar surface area (TPSA) is 154 Å². The number of aliphatic hydroxyl groups is 1. The molecule has 150 valence electrons. The second kappa shape index (κ2) is 7.64. The van der Waals surface area contributed by atoms with Gasteiger partial charge in [-0.3, -0.25) is 20.2 Å². The number of nitro groups is 2. The molecule has 11 heteroatoms. The van der Waals surface area contributed by atoms with Gasteiger partial charge in [0.05, 0.1) is 34.7 Å². The van der Waals surface area contributed by atoms with Crippen molar-refractivity contribution < 1.29 is 29.3 Å². The predicted molar refractivity (Wildman–Crippen MR) is 98.1 cm³/mol. The number of hydrogen-bond donors (Lipinski definition) is 1. The van der Waals surface area contributed by atoms with Gasteiger partial charge in [-0.05, 0) is 6.07 Å². The van der Waals surface area contributed by atoms with E-state index in [-0.39, 0.29) is 23.4 Å². The summed E-state index contributed by atoms with van der Waals surface area (Å²) >= 11 is 0. The van der Waals surface area contributed by atoms with E-state index in [2.05, 4.69) is 5.16 Å². The largest absolute Gasteiger partial charge is 0.466 e. The van der Waals surface area contributed by atoms with Gasteiger partial charge in [-0.15, -0.1) is 0 Å². The van der Waals surface area contributed by atoms with E-state index in [1.165, 1.54) is 48.5 Å². The summed E-state index contributed by atoms with van der Waals surface area (Å²) in [5.74, 6) is -0.993. The molecule has 0 fully saturated rings. The van der Waals surface area contributed by atoms with E-state index in [1.54, 1.807) is 0 Å². The third-order valence-electron chi connectivity index (χ3n) is 4.54. The highest BCUT2D eigenvalue weighted by atomic mass is 16.7. The van der Waals surface area contributed by atoms with E-state index in [1.807, 2.05) is 0 Å². The number of nitro benzene ring substituents is 2. The number of para-hydroxylation sites is 1. The number of rotatable bonds is 6. The number of ether oxygens (including phenoxy) is 1. The highest BCUT2D eigenvalue weighted by Crippen LogP contribution is 2.42. The maximum Gasteiger partial charge on any atom is 0.356 e. The summed E-state index contributed by atoms with van der Waals surface area (Å²) in [6.45, 7) is 0. The van der Waals surface area contributed by atoms with Crippen molar-refractivity contribution in [1.82, 2.24) is 0 Å². The van der Waals surface area contributed by atoms with E-state index < -0.39 is 33.2 Å². The molecule has 1 aliphatic heterocycles. The summed E-state index contributed by atoms with van der Waals surface area (Å²) in [6.07, 6.45) is -2.09. The van der Waals surface area contributed by atoms with Crippen LogP contribution >= 0.6 is 0 Å². The molecule has 2 atom stereocenters. The Balaban J connectivity index is 2.01. The number of nitrogens with zero attached hydrogens (tertiary/aromatic N) is 3. The summed E-state index contributed by atoms with van der Waals surface area (Å²) < 4.78 is 4.75.